The quantitative estimate of drug-likeness (QED) is 0.821. The summed E-state index contributed by atoms with van der Waals surface area (Å²) in [6.45, 7) is 3.75. The Hall–Kier alpha value is -2.11. The standard InChI is InChI=1S/C10H12N4O2/c1-3-7-5-11-14-9(7)13-10(15)8-6(2)4-12-16-8/h4-5H,3H2,1-2H3,(H2,11,13,14,15). The fraction of sp³-hybridized carbons (Fsp3) is 0.300. The van der Waals surface area contributed by atoms with Gasteiger partial charge >= 0.3 is 0 Å². The molecule has 0 fully saturated rings. The third kappa shape index (κ3) is 1.81. The molecule has 2 aromatic heterocycles. The SMILES string of the molecule is CCc1cn[nH]c1NC(=O)c1oncc1C. The lowest BCUT2D eigenvalue weighted by atomic mass is 10.2. The first-order valence-corrected chi connectivity index (χ1v) is 4.97. The largest absolute Gasteiger partial charge is 0.351 e. The van der Waals surface area contributed by atoms with E-state index in [9.17, 15) is 4.79 Å². The Bertz CT molecular complexity index is 500. The Morgan fingerprint density at radius 3 is 3.00 bits per heavy atom. The van der Waals surface area contributed by atoms with Crippen molar-refractivity contribution < 1.29 is 9.32 Å². The van der Waals surface area contributed by atoms with Gasteiger partial charge in [-0.1, -0.05) is 12.1 Å². The topological polar surface area (TPSA) is 83.8 Å². The Morgan fingerprint density at radius 1 is 1.56 bits per heavy atom. The summed E-state index contributed by atoms with van der Waals surface area (Å²) in [4.78, 5) is 11.8. The minimum absolute atomic E-state index is 0.219. The molecule has 6 heteroatoms. The number of hydrogen-bond donors (Lipinski definition) is 2. The molecular formula is C10H12N4O2. The van der Waals surface area contributed by atoms with E-state index in [2.05, 4.69) is 20.7 Å². The van der Waals surface area contributed by atoms with E-state index in [0.717, 1.165) is 12.0 Å². The van der Waals surface area contributed by atoms with Crippen LogP contribution in [0.15, 0.2) is 16.9 Å². The number of amides is 1. The zero-order chi connectivity index (χ0) is 11.5. The van der Waals surface area contributed by atoms with Crippen LogP contribution in [0.1, 0.15) is 28.6 Å². The van der Waals surface area contributed by atoms with Crippen LogP contribution in [0.5, 0.6) is 0 Å². The summed E-state index contributed by atoms with van der Waals surface area (Å²) in [5.41, 5.74) is 1.65. The fourth-order valence-electron chi connectivity index (χ4n) is 1.37. The predicted octanol–water partition coefficient (Wildman–Crippen LogP) is 1.52. The number of aromatic nitrogens is 3. The Balaban J connectivity index is 2.17. The number of H-pyrrole nitrogens is 1. The highest BCUT2D eigenvalue weighted by atomic mass is 16.5. The van der Waals surface area contributed by atoms with Crippen LogP contribution < -0.4 is 5.32 Å². The average Bonchev–Trinajstić information content (AvgIpc) is 2.86. The van der Waals surface area contributed by atoms with Crippen LogP contribution in [0.2, 0.25) is 0 Å². The van der Waals surface area contributed by atoms with Gasteiger partial charge in [-0.2, -0.15) is 5.10 Å². The number of carbonyl (C=O) groups excluding carboxylic acids is 1. The number of hydrogen-bond acceptors (Lipinski definition) is 4. The normalized spacial score (nSPS) is 10.4. The van der Waals surface area contributed by atoms with E-state index < -0.39 is 0 Å². The number of nitrogens with zero attached hydrogens (tertiary/aromatic N) is 2. The minimum Gasteiger partial charge on any atom is -0.351 e. The van der Waals surface area contributed by atoms with Gasteiger partial charge in [0.1, 0.15) is 5.82 Å². The molecular weight excluding hydrogens is 208 g/mol. The molecule has 0 saturated heterocycles. The van der Waals surface area contributed by atoms with Crippen molar-refractivity contribution in [3.05, 3.63) is 29.3 Å². The van der Waals surface area contributed by atoms with Gasteiger partial charge in [0.2, 0.25) is 5.76 Å². The number of rotatable bonds is 3. The lowest BCUT2D eigenvalue weighted by Crippen LogP contribution is -2.13. The summed E-state index contributed by atoms with van der Waals surface area (Å²) < 4.78 is 4.85. The molecule has 1 amide bonds. The molecule has 0 bridgehead atoms. The maximum Gasteiger partial charge on any atom is 0.295 e. The van der Waals surface area contributed by atoms with Crippen molar-refractivity contribution in [3.63, 3.8) is 0 Å². The third-order valence-electron chi connectivity index (χ3n) is 2.29. The molecule has 0 aliphatic carbocycles. The van der Waals surface area contributed by atoms with Gasteiger partial charge in [0, 0.05) is 11.1 Å². The van der Waals surface area contributed by atoms with E-state index in [1.807, 2.05) is 6.92 Å². The maximum absolute atomic E-state index is 11.8. The zero-order valence-corrected chi connectivity index (χ0v) is 9.07. The van der Waals surface area contributed by atoms with E-state index in [-0.39, 0.29) is 11.7 Å². The number of aryl methyl sites for hydroxylation is 2. The van der Waals surface area contributed by atoms with Gasteiger partial charge in [0.25, 0.3) is 5.91 Å². The first-order valence-electron chi connectivity index (χ1n) is 4.97. The van der Waals surface area contributed by atoms with E-state index >= 15 is 0 Å². The number of nitrogens with one attached hydrogen (secondary N) is 2. The molecule has 2 heterocycles. The van der Waals surface area contributed by atoms with Crippen LogP contribution in [0.25, 0.3) is 0 Å². The third-order valence-corrected chi connectivity index (χ3v) is 2.29. The lowest BCUT2D eigenvalue weighted by Gasteiger charge is -2.02. The molecule has 6 nitrogen and oxygen atoms in total. The molecule has 0 aliphatic heterocycles. The molecule has 84 valence electrons. The van der Waals surface area contributed by atoms with Gasteiger partial charge in [-0.05, 0) is 13.3 Å². The van der Waals surface area contributed by atoms with E-state index in [4.69, 9.17) is 4.52 Å². The van der Waals surface area contributed by atoms with Crippen molar-refractivity contribution in [2.45, 2.75) is 20.3 Å². The average molecular weight is 220 g/mol. The van der Waals surface area contributed by atoms with Crippen LogP contribution in [0, 0.1) is 6.92 Å². The number of aromatic amines is 1. The first kappa shape index (κ1) is 10.4. The molecule has 0 aromatic carbocycles. The fourth-order valence-corrected chi connectivity index (χ4v) is 1.37. The van der Waals surface area contributed by atoms with Gasteiger partial charge in [0.15, 0.2) is 0 Å². The van der Waals surface area contributed by atoms with Crippen molar-refractivity contribution in [1.82, 2.24) is 15.4 Å². The van der Waals surface area contributed by atoms with Crippen LogP contribution in [0.3, 0.4) is 0 Å². The number of anilines is 1. The minimum atomic E-state index is -0.325. The second kappa shape index (κ2) is 4.18. The summed E-state index contributed by atoms with van der Waals surface area (Å²) >= 11 is 0. The van der Waals surface area contributed by atoms with Gasteiger partial charge in [-0.25, -0.2) is 0 Å². The molecule has 0 spiro atoms. The van der Waals surface area contributed by atoms with E-state index in [0.29, 0.717) is 11.4 Å². The van der Waals surface area contributed by atoms with E-state index in [1.54, 1.807) is 13.1 Å². The highest BCUT2D eigenvalue weighted by molar-refractivity contribution is 6.02. The molecule has 0 aliphatic rings. The monoisotopic (exact) mass is 220 g/mol. The van der Waals surface area contributed by atoms with Crippen LogP contribution in [-0.4, -0.2) is 21.3 Å². The number of carbonyl (C=O) groups is 1. The second-order valence-corrected chi connectivity index (χ2v) is 3.42. The van der Waals surface area contributed by atoms with Crippen molar-refractivity contribution in [2.75, 3.05) is 5.32 Å². The molecule has 0 radical (unpaired) electrons. The second-order valence-electron chi connectivity index (χ2n) is 3.42. The highest BCUT2D eigenvalue weighted by Gasteiger charge is 2.16. The molecule has 0 unspecified atom stereocenters. The zero-order valence-electron chi connectivity index (χ0n) is 9.07. The Morgan fingerprint density at radius 2 is 2.38 bits per heavy atom. The van der Waals surface area contributed by atoms with Gasteiger partial charge in [-0.3, -0.25) is 9.89 Å². The van der Waals surface area contributed by atoms with Crippen LogP contribution >= 0.6 is 0 Å². The molecule has 0 saturated carbocycles. The highest BCUT2D eigenvalue weighted by Crippen LogP contribution is 2.14. The van der Waals surface area contributed by atoms with Gasteiger partial charge in [-0.15, -0.1) is 0 Å². The van der Waals surface area contributed by atoms with Crippen molar-refractivity contribution in [2.24, 2.45) is 0 Å². The summed E-state index contributed by atoms with van der Waals surface area (Å²) in [6.07, 6.45) is 3.98. The van der Waals surface area contributed by atoms with Crippen LogP contribution in [-0.2, 0) is 6.42 Å². The summed E-state index contributed by atoms with van der Waals surface area (Å²) in [6, 6.07) is 0. The van der Waals surface area contributed by atoms with Gasteiger partial charge < -0.3 is 9.84 Å². The summed E-state index contributed by atoms with van der Waals surface area (Å²) in [5.74, 6) is 0.494. The Labute approximate surface area is 92.0 Å². The molecule has 16 heavy (non-hydrogen) atoms. The summed E-state index contributed by atoms with van der Waals surface area (Å²) in [5, 5.41) is 12.8. The molecule has 0 atom stereocenters. The van der Waals surface area contributed by atoms with Crippen LogP contribution in [0.4, 0.5) is 5.82 Å². The maximum atomic E-state index is 11.8. The van der Waals surface area contributed by atoms with E-state index in [1.165, 1.54) is 6.20 Å². The molecule has 2 aromatic rings. The summed E-state index contributed by atoms with van der Waals surface area (Å²) in [7, 11) is 0. The molecule has 2 rings (SSSR count). The predicted molar refractivity (Wildman–Crippen MR) is 57.2 cm³/mol. The van der Waals surface area contributed by atoms with Crippen molar-refractivity contribution >= 4 is 11.7 Å². The van der Waals surface area contributed by atoms with Crippen molar-refractivity contribution in [3.8, 4) is 0 Å². The smallest absolute Gasteiger partial charge is 0.295 e. The molecule has 2 N–H and O–H groups in total. The first-order chi connectivity index (χ1) is 7.72. The Kier molecular flexibility index (Phi) is 2.72. The van der Waals surface area contributed by atoms with Crippen molar-refractivity contribution in [1.29, 1.82) is 0 Å². The lowest BCUT2D eigenvalue weighted by molar-refractivity contribution is 0.0986. The van der Waals surface area contributed by atoms with Gasteiger partial charge in [0.05, 0.1) is 12.4 Å².